The molecular weight excluding hydrogens is 192 g/mol. The zero-order valence-corrected chi connectivity index (χ0v) is 9.31. The van der Waals surface area contributed by atoms with Gasteiger partial charge >= 0.3 is 0 Å². The summed E-state index contributed by atoms with van der Waals surface area (Å²) in [4.78, 5) is 4.25. The maximum absolute atomic E-state index is 5.17. The van der Waals surface area contributed by atoms with Crippen LogP contribution in [0.5, 0.6) is 0 Å². The summed E-state index contributed by atoms with van der Waals surface area (Å²) in [5, 5.41) is 5.50. The van der Waals surface area contributed by atoms with Crippen LogP contribution in [-0.4, -0.2) is 11.5 Å². The number of aromatic nitrogens is 1. The summed E-state index contributed by atoms with van der Waals surface area (Å²) in [6, 6.07) is 0.354. The first-order valence-corrected chi connectivity index (χ1v) is 5.84. The molecule has 0 aliphatic heterocycles. The smallest absolute Gasteiger partial charge is 0.0795 e. The molecule has 0 spiro atoms. The van der Waals surface area contributed by atoms with Crippen molar-refractivity contribution in [2.45, 2.75) is 32.2 Å². The third-order valence-electron chi connectivity index (χ3n) is 2.09. The lowest BCUT2D eigenvalue weighted by Gasteiger charge is -2.10. The van der Waals surface area contributed by atoms with Gasteiger partial charge in [0.15, 0.2) is 0 Å². The molecule has 0 radical (unpaired) electrons. The molecule has 1 unspecified atom stereocenters. The monoisotopic (exact) mass is 208 g/mol. The Balaban J connectivity index is 2.10. The lowest BCUT2D eigenvalue weighted by molar-refractivity contribution is 0.541. The molecule has 0 aromatic carbocycles. The SMILES string of the molecule is C#CCCCCNC(C)c1cscn1. The molecule has 1 heterocycles. The van der Waals surface area contributed by atoms with Gasteiger partial charge < -0.3 is 5.32 Å². The highest BCUT2D eigenvalue weighted by Gasteiger charge is 2.04. The summed E-state index contributed by atoms with van der Waals surface area (Å²) >= 11 is 1.64. The Morgan fingerprint density at radius 2 is 2.50 bits per heavy atom. The van der Waals surface area contributed by atoms with Crippen molar-refractivity contribution in [1.29, 1.82) is 0 Å². The van der Waals surface area contributed by atoms with Gasteiger partial charge in [0.1, 0.15) is 0 Å². The number of terminal acetylenes is 1. The standard InChI is InChI=1S/C11H16N2S/c1-3-4-5-6-7-12-10(2)11-8-14-9-13-11/h1,8-10,12H,4-7H2,2H3. The zero-order chi connectivity index (χ0) is 10.2. The summed E-state index contributed by atoms with van der Waals surface area (Å²) in [7, 11) is 0. The average Bonchev–Trinajstić information content (AvgIpc) is 2.70. The molecule has 0 saturated carbocycles. The molecule has 3 heteroatoms. The molecule has 0 amide bonds. The van der Waals surface area contributed by atoms with Crippen molar-refractivity contribution < 1.29 is 0 Å². The van der Waals surface area contributed by atoms with Gasteiger partial charge in [-0.3, -0.25) is 0 Å². The second kappa shape index (κ2) is 6.58. The molecule has 1 atom stereocenters. The van der Waals surface area contributed by atoms with Crippen LogP contribution in [0, 0.1) is 12.3 Å². The maximum Gasteiger partial charge on any atom is 0.0795 e. The summed E-state index contributed by atoms with van der Waals surface area (Å²) in [5.41, 5.74) is 3.00. The van der Waals surface area contributed by atoms with Crippen LogP contribution < -0.4 is 5.32 Å². The van der Waals surface area contributed by atoms with Crippen LogP contribution in [0.3, 0.4) is 0 Å². The van der Waals surface area contributed by atoms with Gasteiger partial charge in [-0.1, -0.05) is 0 Å². The fourth-order valence-corrected chi connectivity index (χ4v) is 1.86. The van der Waals surface area contributed by atoms with Gasteiger partial charge in [0.25, 0.3) is 0 Å². The summed E-state index contributed by atoms with van der Waals surface area (Å²) < 4.78 is 0. The van der Waals surface area contributed by atoms with Crippen LogP contribution in [0.2, 0.25) is 0 Å². The molecule has 0 bridgehead atoms. The first-order valence-electron chi connectivity index (χ1n) is 4.89. The predicted molar refractivity (Wildman–Crippen MR) is 61.2 cm³/mol. The molecule has 0 fully saturated rings. The molecule has 1 rings (SSSR count). The van der Waals surface area contributed by atoms with E-state index in [0.717, 1.165) is 31.5 Å². The predicted octanol–water partition coefficient (Wildman–Crippen LogP) is 2.60. The number of nitrogens with zero attached hydrogens (tertiary/aromatic N) is 1. The maximum atomic E-state index is 5.17. The molecule has 1 N–H and O–H groups in total. The molecule has 14 heavy (non-hydrogen) atoms. The Labute approximate surface area is 89.8 Å². The number of rotatable bonds is 6. The third-order valence-corrected chi connectivity index (χ3v) is 2.70. The number of hydrogen-bond acceptors (Lipinski definition) is 3. The van der Waals surface area contributed by atoms with Crippen molar-refractivity contribution in [2.75, 3.05) is 6.54 Å². The highest BCUT2D eigenvalue weighted by Crippen LogP contribution is 2.11. The van der Waals surface area contributed by atoms with E-state index in [1.165, 1.54) is 0 Å². The fraction of sp³-hybridized carbons (Fsp3) is 0.545. The fourth-order valence-electron chi connectivity index (χ4n) is 1.21. The van der Waals surface area contributed by atoms with E-state index in [1.54, 1.807) is 11.3 Å². The van der Waals surface area contributed by atoms with Crippen molar-refractivity contribution in [3.05, 3.63) is 16.6 Å². The van der Waals surface area contributed by atoms with Gasteiger partial charge in [-0.15, -0.1) is 23.7 Å². The van der Waals surface area contributed by atoms with E-state index in [2.05, 4.69) is 28.5 Å². The minimum Gasteiger partial charge on any atom is -0.309 e. The second-order valence-electron chi connectivity index (χ2n) is 3.25. The average molecular weight is 208 g/mol. The molecule has 0 saturated heterocycles. The van der Waals surface area contributed by atoms with Gasteiger partial charge in [-0.25, -0.2) is 4.98 Å². The van der Waals surface area contributed by atoms with Crippen molar-refractivity contribution >= 4 is 11.3 Å². The number of thiazole rings is 1. The topological polar surface area (TPSA) is 24.9 Å². The minimum absolute atomic E-state index is 0.354. The van der Waals surface area contributed by atoms with Crippen molar-refractivity contribution in [3.63, 3.8) is 0 Å². The molecular formula is C11H16N2S. The van der Waals surface area contributed by atoms with E-state index in [-0.39, 0.29) is 0 Å². The molecule has 0 aliphatic rings. The molecule has 1 aromatic rings. The normalized spacial score (nSPS) is 12.3. The molecule has 0 aliphatic carbocycles. The van der Waals surface area contributed by atoms with Crippen LogP contribution in [0.25, 0.3) is 0 Å². The van der Waals surface area contributed by atoms with E-state index >= 15 is 0 Å². The van der Waals surface area contributed by atoms with Gasteiger partial charge in [0.05, 0.1) is 11.2 Å². The van der Waals surface area contributed by atoms with Crippen LogP contribution in [0.15, 0.2) is 10.9 Å². The second-order valence-corrected chi connectivity index (χ2v) is 3.97. The van der Waals surface area contributed by atoms with E-state index in [4.69, 9.17) is 6.42 Å². The van der Waals surface area contributed by atoms with E-state index in [1.807, 2.05) is 5.51 Å². The summed E-state index contributed by atoms with van der Waals surface area (Å²) in [6.45, 7) is 3.15. The Morgan fingerprint density at radius 1 is 1.64 bits per heavy atom. The lowest BCUT2D eigenvalue weighted by Crippen LogP contribution is -2.19. The molecule has 76 valence electrons. The van der Waals surface area contributed by atoms with E-state index in [0.29, 0.717) is 6.04 Å². The molecule has 2 nitrogen and oxygen atoms in total. The Bertz CT molecular complexity index is 274. The number of unbranched alkanes of at least 4 members (excludes halogenated alkanes) is 2. The third kappa shape index (κ3) is 3.91. The largest absolute Gasteiger partial charge is 0.309 e. The van der Waals surface area contributed by atoms with E-state index in [9.17, 15) is 0 Å². The van der Waals surface area contributed by atoms with Crippen molar-refractivity contribution in [3.8, 4) is 12.3 Å². The Hall–Kier alpha value is -0.850. The van der Waals surface area contributed by atoms with Crippen LogP contribution in [-0.2, 0) is 0 Å². The van der Waals surface area contributed by atoms with Gasteiger partial charge in [0.2, 0.25) is 0 Å². The van der Waals surface area contributed by atoms with E-state index < -0.39 is 0 Å². The quantitative estimate of drug-likeness (QED) is 0.574. The van der Waals surface area contributed by atoms with Crippen LogP contribution >= 0.6 is 11.3 Å². The number of nitrogens with one attached hydrogen (secondary N) is 1. The number of hydrogen-bond donors (Lipinski definition) is 1. The van der Waals surface area contributed by atoms with Crippen molar-refractivity contribution in [2.24, 2.45) is 0 Å². The zero-order valence-electron chi connectivity index (χ0n) is 8.49. The minimum atomic E-state index is 0.354. The van der Waals surface area contributed by atoms with Crippen LogP contribution in [0.1, 0.15) is 37.9 Å². The van der Waals surface area contributed by atoms with Gasteiger partial charge in [0, 0.05) is 17.8 Å². The summed E-state index contributed by atoms with van der Waals surface area (Å²) in [5.74, 6) is 2.64. The highest BCUT2D eigenvalue weighted by molar-refractivity contribution is 7.07. The molecule has 1 aromatic heterocycles. The lowest BCUT2D eigenvalue weighted by atomic mass is 10.2. The Kier molecular flexibility index (Phi) is 5.28. The van der Waals surface area contributed by atoms with Gasteiger partial charge in [-0.2, -0.15) is 0 Å². The van der Waals surface area contributed by atoms with Crippen molar-refractivity contribution in [1.82, 2.24) is 10.3 Å². The Morgan fingerprint density at radius 3 is 3.14 bits per heavy atom. The van der Waals surface area contributed by atoms with Gasteiger partial charge in [-0.05, 0) is 26.3 Å². The first kappa shape index (κ1) is 11.2. The summed E-state index contributed by atoms with van der Waals surface area (Å²) in [6.07, 6.45) is 8.29. The van der Waals surface area contributed by atoms with Crippen LogP contribution in [0.4, 0.5) is 0 Å². The first-order chi connectivity index (χ1) is 6.84. The highest BCUT2D eigenvalue weighted by atomic mass is 32.1.